The number of esters is 1. The van der Waals surface area contributed by atoms with E-state index in [0.717, 1.165) is 12.0 Å². The molecule has 0 N–H and O–H groups in total. The van der Waals surface area contributed by atoms with Gasteiger partial charge < -0.3 is 4.74 Å². The van der Waals surface area contributed by atoms with Crippen molar-refractivity contribution in [3.05, 3.63) is 71.3 Å². The third-order valence-corrected chi connectivity index (χ3v) is 3.63. The van der Waals surface area contributed by atoms with Crippen molar-refractivity contribution in [1.29, 1.82) is 0 Å². The molecular formula is C18H19ClO2. The summed E-state index contributed by atoms with van der Waals surface area (Å²) >= 11 is 6.15. The van der Waals surface area contributed by atoms with Crippen LogP contribution in [-0.2, 0) is 22.4 Å². The molecule has 2 aromatic carbocycles. The lowest BCUT2D eigenvalue weighted by molar-refractivity contribution is -0.142. The standard InChI is InChI=1S/C18H19ClO2/c1-2-21-18(20)17(19)13-16-11-7-6-10-15(16)12-14-8-4-3-5-9-14/h3-11,17H,2,12-13H2,1H3. The summed E-state index contributed by atoms with van der Waals surface area (Å²) in [6, 6.07) is 18.3. The second-order valence-corrected chi connectivity index (χ2v) is 5.38. The van der Waals surface area contributed by atoms with Crippen molar-refractivity contribution in [1.82, 2.24) is 0 Å². The molecule has 0 saturated carbocycles. The quantitative estimate of drug-likeness (QED) is 0.596. The molecule has 0 spiro atoms. The van der Waals surface area contributed by atoms with Gasteiger partial charge in [0.05, 0.1) is 6.61 Å². The molecule has 0 aliphatic rings. The van der Waals surface area contributed by atoms with Gasteiger partial charge >= 0.3 is 5.97 Å². The van der Waals surface area contributed by atoms with E-state index in [4.69, 9.17) is 16.3 Å². The molecule has 2 rings (SSSR count). The number of ether oxygens (including phenoxy) is 1. The van der Waals surface area contributed by atoms with E-state index in [9.17, 15) is 4.79 Å². The highest BCUT2D eigenvalue weighted by Gasteiger charge is 2.18. The van der Waals surface area contributed by atoms with Gasteiger partial charge in [-0.1, -0.05) is 54.6 Å². The summed E-state index contributed by atoms with van der Waals surface area (Å²) in [5.74, 6) is -0.353. The summed E-state index contributed by atoms with van der Waals surface area (Å²) in [6.45, 7) is 2.14. The number of hydrogen-bond donors (Lipinski definition) is 0. The van der Waals surface area contributed by atoms with E-state index in [-0.39, 0.29) is 5.97 Å². The van der Waals surface area contributed by atoms with Gasteiger partial charge in [0.2, 0.25) is 0 Å². The minimum absolute atomic E-state index is 0.353. The molecule has 0 bridgehead atoms. The number of halogens is 1. The smallest absolute Gasteiger partial charge is 0.324 e. The Hall–Kier alpha value is -1.80. The average Bonchev–Trinajstić information content (AvgIpc) is 2.50. The summed E-state index contributed by atoms with van der Waals surface area (Å²) in [4.78, 5) is 11.7. The van der Waals surface area contributed by atoms with Gasteiger partial charge in [-0.2, -0.15) is 0 Å². The maximum Gasteiger partial charge on any atom is 0.324 e. The summed E-state index contributed by atoms with van der Waals surface area (Å²) in [5, 5.41) is -0.637. The molecule has 0 amide bonds. The van der Waals surface area contributed by atoms with Gasteiger partial charge in [0.1, 0.15) is 5.38 Å². The van der Waals surface area contributed by atoms with Crippen LogP contribution in [0.4, 0.5) is 0 Å². The highest BCUT2D eigenvalue weighted by atomic mass is 35.5. The zero-order valence-corrected chi connectivity index (χ0v) is 12.8. The lowest BCUT2D eigenvalue weighted by Gasteiger charge is -2.13. The molecule has 0 aliphatic heterocycles. The molecule has 2 nitrogen and oxygen atoms in total. The first-order valence-corrected chi connectivity index (χ1v) is 7.55. The van der Waals surface area contributed by atoms with Gasteiger partial charge in [-0.3, -0.25) is 4.79 Å². The Morgan fingerprint density at radius 1 is 1.05 bits per heavy atom. The summed E-state index contributed by atoms with van der Waals surface area (Å²) < 4.78 is 4.96. The number of carbonyl (C=O) groups excluding carboxylic acids is 1. The summed E-state index contributed by atoms with van der Waals surface area (Å²) in [7, 11) is 0. The molecule has 0 aromatic heterocycles. The molecule has 21 heavy (non-hydrogen) atoms. The molecule has 0 aliphatic carbocycles. The second kappa shape index (κ2) is 7.84. The van der Waals surface area contributed by atoms with Gasteiger partial charge in [-0.15, -0.1) is 11.6 Å². The summed E-state index contributed by atoms with van der Waals surface area (Å²) in [5.41, 5.74) is 3.53. The van der Waals surface area contributed by atoms with Crippen molar-refractivity contribution in [3.8, 4) is 0 Å². The third kappa shape index (κ3) is 4.61. The van der Waals surface area contributed by atoms with Crippen LogP contribution in [0.2, 0.25) is 0 Å². The van der Waals surface area contributed by atoms with Crippen molar-refractivity contribution >= 4 is 17.6 Å². The average molecular weight is 303 g/mol. The number of hydrogen-bond acceptors (Lipinski definition) is 2. The fourth-order valence-electron chi connectivity index (χ4n) is 2.25. The number of rotatable bonds is 6. The van der Waals surface area contributed by atoms with Crippen molar-refractivity contribution in [2.45, 2.75) is 25.1 Å². The van der Waals surface area contributed by atoms with E-state index in [1.165, 1.54) is 11.1 Å². The Balaban J connectivity index is 2.12. The minimum atomic E-state index is -0.637. The van der Waals surface area contributed by atoms with Gasteiger partial charge in [0.25, 0.3) is 0 Å². The van der Waals surface area contributed by atoms with Gasteiger partial charge in [0.15, 0.2) is 0 Å². The normalized spacial score (nSPS) is 11.9. The molecule has 0 fully saturated rings. The van der Waals surface area contributed by atoms with E-state index >= 15 is 0 Å². The molecule has 3 heteroatoms. The third-order valence-electron chi connectivity index (χ3n) is 3.30. The Morgan fingerprint density at radius 3 is 2.33 bits per heavy atom. The lowest BCUT2D eigenvalue weighted by atomic mass is 9.97. The number of alkyl halides is 1. The van der Waals surface area contributed by atoms with Crippen LogP contribution in [0, 0.1) is 0 Å². The van der Waals surface area contributed by atoms with Crippen LogP contribution in [0.15, 0.2) is 54.6 Å². The van der Waals surface area contributed by atoms with Gasteiger partial charge in [-0.25, -0.2) is 0 Å². The predicted octanol–water partition coefficient (Wildman–Crippen LogP) is 3.99. The van der Waals surface area contributed by atoms with Crippen molar-refractivity contribution in [3.63, 3.8) is 0 Å². The van der Waals surface area contributed by atoms with Crippen LogP contribution in [0.1, 0.15) is 23.6 Å². The Kier molecular flexibility index (Phi) is 5.82. The maximum atomic E-state index is 11.7. The zero-order valence-electron chi connectivity index (χ0n) is 12.1. The Labute approximate surface area is 130 Å². The van der Waals surface area contributed by atoms with Crippen molar-refractivity contribution < 1.29 is 9.53 Å². The lowest BCUT2D eigenvalue weighted by Crippen LogP contribution is -2.20. The van der Waals surface area contributed by atoms with Crippen LogP contribution < -0.4 is 0 Å². The zero-order chi connectivity index (χ0) is 15.1. The number of benzene rings is 2. The van der Waals surface area contributed by atoms with Crippen LogP contribution >= 0.6 is 11.6 Å². The van der Waals surface area contributed by atoms with E-state index in [2.05, 4.69) is 18.2 Å². The Morgan fingerprint density at radius 2 is 1.67 bits per heavy atom. The molecule has 1 unspecified atom stereocenters. The minimum Gasteiger partial charge on any atom is -0.465 e. The molecule has 0 radical (unpaired) electrons. The molecule has 1 atom stereocenters. The molecular weight excluding hydrogens is 284 g/mol. The summed E-state index contributed by atoms with van der Waals surface area (Å²) in [6.07, 6.45) is 1.33. The van der Waals surface area contributed by atoms with E-state index in [1.54, 1.807) is 6.92 Å². The fraction of sp³-hybridized carbons (Fsp3) is 0.278. The fourth-order valence-corrected chi connectivity index (χ4v) is 2.48. The van der Waals surface area contributed by atoms with Crippen LogP contribution in [-0.4, -0.2) is 18.0 Å². The van der Waals surface area contributed by atoms with Gasteiger partial charge in [-0.05, 0) is 36.5 Å². The van der Waals surface area contributed by atoms with Gasteiger partial charge in [0, 0.05) is 0 Å². The van der Waals surface area contributed by atoms with Crippen molar-refractivity contribution in [2.24, 2.45) is 0 Å². The van der Waals surface area contributed by atoms with Crippen molar-refractivity contribution in [2.75, 3.05) is 6.61 Å². The molecule has 0 heterocycles. The second-order valence-electron chi connectivity index (χ2n) is 4.85. The maximum absolute atomic E-state index is 11.7. The molecule has 0 saturated heterocycles. The molecule has 110 valence electrons. The number of carbonyl (C=O) groups is 1. The monoisotopic (exact) mass is 302 g/mol. The first-order chi connectivity index (χ1) is 10.2. The highest BCUT2D eigenvalue weighted by molar-refractivity contribution is 6.30. The van der Waals surface area contributed by atoms with Crippen LogP contribution in [0.25, 0.3) is 0 Å². The van der Waals surface area contributed by atoms with E-state index in [1.807, 2.05) is 36.4 Å². The topological polar surface area (TPSA) is 26.3 Å². The SMILES string of the molecule is CCOC(=O)C(Cl)Cc1ccccc1Cc1ccccc1. The van der Waals surface area contributed by atoms with Crippen LogP contribution in [0.3, 0.4) is 0 Å². The highest BCUT2D eigenvalue weighted by Crippen LogP contribution is 2.18. The Bertz CT molecular complexity index is 581. The molecule has 2 aromatic rings. The van der Waals surface area contributed by atoms with E-state index < -0.39 is 5.38 Å². The first kappa shape index (κ1) is 15.6. The largest absolute Gasteiger partial charge is 0.465 e. The first-order valence-electron chi connectivity index (χ1n) is 7.12. The predicted molar refractivity (Wildman–Crippen MR) is 85.7 cm³/mol. The van der Waals surface area contributed by atoms with Crippen LogP contribution in [0.5, 0.6) is 0 Å². The van der Waals surface area contributed by atoms with E-state index in [0.29, 0.717) is 13.0 Å².